The van der Waals surface area contributed by atoms with Crippen LogP contribution in [0.5, 0.6) is 11.5 Å². The Morgan fingerprint density at radius 1 is 1.06 bits per heavy atom. The molecule has 1 aliphatic carbocycles. The number of piperidine rings is 1. The second-order valence-corrected chi connectivity index (χ2v) is 9.70. The molecular formula is C27H34N2O3. The zero-order chi connectivity index (χ0) is 22.1. The van der Waals surface area contributed by atoms with Crippen molar-refractivity contribution in [2.75, 3.05) is 26.7 Å². The quantitative estimate of drug-likeness (QED) is 0.671. The molecule has 1 unspecified atom stereocenters. The van der Waals surface area contributed by atoms with Crippen molar-refractivity contribution in [2.45, 2.75) is 51.7 Å². The zero-order valence-corrected chi connectivity index (χ0v) is 19.2. The van der Waals surface area contributed by atoms with Crippen LogP contribution in [-0.4, -0.2) is 43.7 Å². The van der Waals surface area contributed by atoms with Crippen molar-refractivity contribution >= 4 is 5.91 Å². The summed E-state index contributed by atoms with van der Waals surface area (Å²) in [4.78, 5) is 15.0. The molecule has 3 aliphatic rings. The Balaban J connectivity index is 1.36. The molecule has 32 heavy (non-hydrogen) atoms. The predicted octanol–water partition coefficient (Wildman–Crippen LogP) is 4.36. The van der Waals surface area contributed by atoms with Gasteiger partial charge in [-0.3, -0.25) is 4.79 Å². The smallest absolute Gasteiger partial charge is 0.254 e. The third kappa shape index (κ3) is 4.63. The van der Waals surface area contributed by atoms with E-state index < -0.39 is 0 Å². The van der Waals surface area contributed by atoms with Crippen LogP contribution >= 0.6 is 0 Å². The highest BCUT2D eigenvalue weighted by molar-refractivity contribution is 6.00. The van der Waals surface area contributed by atoms with E-state index in [1.807, 2.05) is 24.0 Å². The van der Waals surface area contributed by atoms with Crippen LogP contribution in [0.4, 0.5) is 0 Å². The van der Waals surface area contributed by atoms with Crippen molar-refractivity contribution in [3.8, 4) is 11.5 Å². The van der Waals surface area contributed by atoms with Gasteiger partial charge in [-0.15, -0.1) is 0 Å². The van der Waals surface area contributed by atoms with Gasteiger partial charge in [0.15, 0.2) is 0 Å². The number of carbonyl (C=O) groups excluding carboxylic acids is 1. The molecular weight excluding hydrogens is 400 g/mol. The van der Waals surface area contributed by atoms with E-state index >= 15 is 0 Å². The van der Waals surface area contributed by atoms with E-state index in [2.05, 4.69) is 29.6 Å². The van der Waals surface area contributed by atoms with Gasteiger partial charge in [-0.2, -0.15) is 0 Å². The summed E-state index contributed by atoms with van der Waals surface area (Å²) in [5.41, 5.74) is 4.32. The summed E-state index contributed by atoms with van der Waals surface area (Å²) in [6.07, 6.45) is 5.75. The lowest BCUT2D eigenvalue weighted by Crippen LogP contribution is -2.38. The maximum absolute atomic E-state index is 12.9. The molecule has 0 radical (unpaired) electrons. The van der Waals surface area contributed by atoms with Crippen LogP contribution in [0.2, 0.25) is 0 Å². The Bertz CT molecular complexity index is 962. The minimum absolute atomic E-state index is 0.114. The predicted molar refractivity (Wildman–Crippen MR) is 125 cm³/mol. The number of nitrogens with one attached hydrogen (secondary N) is 1. The topological polar surface area (TPSA) is 50.8 Å². The molecule has 2 fully saturated rings. The number of rotatable bonds is 8. The number of carbonyl (C=O) groups is 1. The van der Waals surface area contributed by atoms with E-state index in [9.17, 15) is 4.79 Å². The van der Waals surface area contributed by atoms with E-state index in [1.54, 1.807) is 7.11 Å². The fourth-order valence-electron chi connectivity index (χ4n) is 5.21. The molecule has 5 heteroatoms. The van der Waals surface area contributed by atoms with Crippen LogP contribution in [0.15, 0.2) is 36.4 Å². The first kappa shape index (κ1) is 21.3. The Morgan fingerprint density at radius 2 is 1.81 bits per heavy atom. The van der Waals surface area contributed by atoms with Crippen LogP contribution in [0.25, 0.3) is 0 Å². The molecule has 5 rings (SSSR count). The summed E-state index contributed by atoms with van der Waals surface area (Å²) >= 11 is 0. The highest BCUT2D eigenvalue weighted by Crippen LogP contribution is 2.36. The van der Waals surface area contributed by atoms with Gasteiger partial charge in [0, 0.05) is 25.1 Å². The molecule has 0 spiro atoms. The number of hydrogen-bond acceptors (Lipinski definition) is 4. The molecule has 1 amide bonds. The summed E-state index contributed by atoms with van der Waals surface area (Å²) in [6.45, 7) is 5.76. The second-order valence-electron chi connectivity index (χ2n) is 9.70. The Kier molecular flexibility index (Phi) is 6.09. The molecule has 2 aliphatic heterocycles. The summed E-state index contributed by atoms with van der Waals surface area (Å²) in [5.74, 6) is 3.20. The maximum atomic E-state index is 12.9. The lowest BCUT2D eigenvalue weighted by atomic mass is 9.88. The molecule has 1 saturated carbocycles. The average molecular weight is 435 g/mol. The number of methoxy groups -OCH3 is 1. The van der Waals surface area contributed by atoms with Crippen LogP contribution in [0.3, 0.4) is 0 Å². The highest BCUT2D eigenvalue weighted by Gasteiger charge is 2.34. The van der Waals surface area contributed by atoms with Gasteiger partial charge < -0.3 is 19.7 Å². The zero-order valence-electron chi connectivity index (χ0n) is 19.2. The molecule has 1 saturated heterocycles. The van der Waals surface area contributed by atoms with E-state index in [4.69, 9.17) is 9.47 Å². The van der Waals surface area contributed by atoms with Crippen LogP contribution in [0, 0.1) is 18.8 Å². The molecule has 0 bridgehead atoms. The van der Waals surface area contributed by atoms with Crippen molar-refractivity contribution < 1.29 is 14.3 Å². The van der Waals surface area contributed by atoms with Gasteiger partial charge >= 0.3 is 0 Å². The summed E-state index contributed by atoms with van der Waals surface area (Å²) in [6, 6.07) is 12.5. The van der Waals surface area contributed by atoms with Crippen molar-refractivity contribution in [2.24, 2.45) is 11.8 Å². The van der Waals surface area contributed by atoms with Gasteiger partial charge in [-0.25, -0.2) is 0 Å². The first-order chi connectivity index (χ1) is 15.6. The van der Waals surface area contributed by atoms with Crippen LogP contribution in [0.1, 0.15) is 52.7 Å². The average Bonchev–Trinajstić information content (AvgIpc) is 3.57. The van der Waals surface area contributed by atoms with Crippen LogP contribution in [-0.2, 0) is 13.0 Å². The number of amides is 1. The fourth-order valence-corrected chi connectivity index (χ4v) is 5.21. The number of ether oxygens (including phenoxy) is 2. The minimum atomic E-state index is 0.114. The molecule has 1 N–H and O–H groups in total. The van der Waals surface area contributed by atoms with Gasteiger partial charge in [0.1, 0.15) is 17.6 Å². The largest absolute Gasteiger partial charge is 0.497 e. The standard InChI is InChI=1S/C27H34N2O3/c1-18-13-24(15-22-17-29(16-20-3-4-20)27(30)26(18)22)32-25(21-9-11-28-12-10-21)14-19-5-7-23(31-2)8-6-19/h5-8,13,15,20-21,25,28H,3-4,9-12,14,16-17H2,1-2H3. The lowest BCUT2D eigenvalue weighted by molar-refractivity contribution is 0.0770. The summed E-state index contributed by atoms with van der Waals surface area (Å²) in [5, 5.41) is 3.47. The molecule has 2 heterocycles. The number of fused-ring (bicyclic) bond motifs is 1. The second kappa shape index (κ2) is 9.14. The fraction of sp³-hybridized carbons (Fsp3) is 0.519. The number of aryl methyl sites for hydroxylation is 1. The first-order valence-electron chi connectivity index (χ1n) is 12.0. The van der Waals surface area contributed by atoms with Crippen molar-refractivity contribution in [3.63, 3.8) is 0 Å². The normalized spacial score (nSPS) is 19.7. The van der Waals surface area contributed by atoms with Gasteiger partial charge in [0.2, 0.25) is 0 Å². The van der Waals surface area contributed by atoms with Gasteiger partial charge in [-0.1, -0.05) is 12.1 Å². The molecule has 1 atom stereocenters. The lowest BCUT2D eigenvalue weighted by Gasteiger charge is -2.31. The third-order valence-electron chi connectivity index (χ3n) is 7.22. The summed E-state index contributed by atoms with van der Waals surface area (Å²) in [7, 11) is 1.70. The minimum Gasteiger partial charge on any atom is -0.497 e. The van der Waals surface area contributed by atoms with Gasteiger partial charge in [-0.05, 0) is 98.5 Å². The molecule has 2 aromatic carbocycles. The maximum Gasteiger partial charge on any atom is 0.254 e. The molecule has 2 aromatic rings. The first-order valence-corrected chi connectivity index (χ1v) is 12.0. The van der Waals surface area contributed by atoms with E-state index in [0.717, 1.165) is 73.6 Å². The number of nitrogens with zero attached hydrogens (tertiary/aromatic N) is 1. The van der Waals surface area contributed by atoms with Gasteiger partial charge in [0.05, 0.1) is 7.11 Å². The van der Waals surface area contributed by atoms with Crippen molar-refractivity contribution in [1.82, 2.24) is 10.2 Å². The molecule has 170 valence electrons. The summed E-state index contributed by atoms with van der Waals surface area (Å²) < 4.78 is 12.0. The number of benzene rings is 2. The monoisotopic (exact) mass is 434 g/mol. The van der Waals surface area contributed by atoms with E-state index in [-0.39, 0.29) is 12.0 Å². The number of hydrogen-bond donors (Lipinski definition) is 1. The van der Waals surface area contributed by atoms with Crippen molar-refractivity contribution in [3.05, 3.63) is 58.7 Å². The Hall–Kier alpha value is -2.53. The van der Waals surface area contributed by atoms with Gasteiger partial charge in [0.25, 0.3) is 5.91 Å². The third-order valence-corrected chi connectivity index (χ3v) is 7.22. The molecule has 5 nitrogen and oxygen atoms in total. The highest BCUT2D eigenvalue weighted by atomic mass is 16.5. The Morgan fingerprint density at radius 3 is 2.50 bits per heavy atom. The Labute approximate surface area is 191 Å². The molecule has 0 aromatic heterocycles. The van der Waals surface area contributed by atoms with Crippen LogP contribution < -0.4 is 14.8 Å². The van der Waals surface area contributed by atoms with E-state index in [0.29, 0.717) is 11.8 Å². The van der Waals surface area contributed by atoms with Crippen molar-refractivity contribution in [1.29, 1.82) is 0 Å². The SMILES string of the molecule is COc1ccc(CC(Oc2cc(C)c3c(c2)CN(CC2CC2)C3=O)C2CCNCC2)cc1. The van der Waals surface area contributed by atoms with E-state index in [1.165, 1.54) is 18.4 Å².